The number of aromatic nitrogens is 1. The SMILES string of the molecule is CC(C)(C)OC(=O)N[C@H]1CCCCC/C=C\[C@@H]2C[C@@]2(C(=O)NS(=O)(=O)C2CC2)NC(=O)[C@@H]2C[C@@H](Oc3c4cc(F)ccc4nc4c3oc3ccccc34)CN2C1=O. The van der Waals surface area contributed by atoms with Crippen molar-refractivity contribution in [3.8, 4) is 5.75 Å². The summed E-state index contributed by atoms with van der Waals surface area (Å²) in [5.41, 5.74) is -0.673. The summed E-state index contributed by atoms with van der Waals surface area (Å²) in [5.74, 6) is -2.89. The van der Waals surface area contributed by atoms with Crippen LogP contribution in [-0.2, 0) is 29.1 Å². The van der Waals surface area contributed by atoms with E-state index in [0.29, 0.717) is 53.1 Å². The summed E-state index contributed by atoms with van der Waals surface area (Å²) >= 11 is 0. The summed E-state index contributed by atoms with van der Waals surface area (Å²) in [5, 5.41) is 5.97. The van der Waals surface area contributed by atoms with Gasteiger partial charge >= 0.3 is 6.09 Å². The Morgan fingerprint density at radius 2 is 1.84 bits per heavy atom. The highest BCUT2D eigenvalue weighted by Gasteiger charge is 2.62. The summed E-state index contributed by atoms with van der Waals surface area (Å²) < 4.78 is 61.2. The second-order valence-corrected chi connectivity index (χ2v) is 18.5. The zero-order valence-corrected chi connectivity index (χ0v) is 32.8. The fraction of sp³-hybridized carbons (Fsp3) is 0.488. The Morgan fingerprint density at radius 1 is 1.05 bits per heavy atom. The van der Waals surface area contributed by atoms with Gasteiger partial charge in [0.25, 0.3) is 5.91 Å². The Bertz CT molecular complexity index is 2420. The van der Waals surface area contributed by atoms with Crippen molar-refractivity contribution >= 4 is 66.8 Å². The van der Waals surface area contributed by atoms with Crippen molar-refractivity contribution in [2.75, 3.05) is 6.54 Å². The highest BCUT2D eigenvalue weighted by atomic mass is 32.2. The predicted molar refractivity (Wildman–Crippen MR) is 208 cm³/mol. The van der Waals surface area contributed by atoms with Gasteiger partial charge in [-0.15, -0.1) is 0 Å². The molecular formula is C41H46FN5O9S. The van der Waals surface area contributed by atoms with E-state index in [9.17, 15) is 32.0 Å². The van der Waals surface area contributed by atoms with E-state index in [-0.39, 0.29) is 37.1 Å². The Hall–Kier alpha value is -5.25. The van der Waals surface area contributed by atoms with Gasteiger partial charge in [0.2, 0.25) is 21.8 Å². The molecule has 3 fully saturated rings. The number of carbonyl (C=O) groups excluding carboxylic acids is 4. The molecule has 57 heavy (non-hydrogen) atoms. The van der Waals surface area contributed by atoms with Crippen LogP contribution in [0.4, 0.5) is 9.18 Å². The predicted octanol–water partition coefficient (Wildman–Crippen LogP) is 5.52. The second-order valence-electron chi connectivity index (χ2n) is 16.6. The molecule has 2 aliphatic carbocycles. The van der Waals surface area contributed by atoms with Gasteiger partial charge in [-0.25, -0.2) is 22.6 Å². The number of fused-ring (bicyclic) bond motifs is 6. The average molecular weight is 804 g/mol. The standard InChI is InChI=1S/C41H46FN5O9S/c1-40(2,3)56-39(51)44-30-13-8-6-4-5-7-11-23-21-41(23,38(50)46-57(52,53)26-16-17-26)45-36(48)31-20-25(22-47(31)37(30)49)54-34-28-19-24(42)15-18-29(28)43-33-27-12-9-10-14-32(27)55-35(33)34/h7,9-12,14-15,18-19,23,25-26,30-31H,4-6,8,13,16-17,20-22H2,1-3H3,(H,44,51)(H,45,48)(H,46,50)/b11-7-/t23-,25-,30+,31+,41-/m1/s1. The van der Waals surface area contributed by atoms with E-state index in [1.54, 1.807) is 26.8 Å². The van der Waals surface area contributed by atoms with Gasteiger partial charge in [-0.1, -0.05) is 37.1 Å². The van der Waals surface area contributed by atoms with E-state index < -0.39 is 80.2 Å². The number of nitrogens with one attached hydrogen (secondary N) is 3. The minimum atomic E-state index is -3.93. The van der Waals surface area contributed by atoms with Crippen molar-refractivity contribution in [3.05, 3.63) is 60.4 Å². The molecule has 1 saturated heterocycles. The highest BCUT2D eigenvalue weighted by molar-refractivity contribution is 7.91. The first-order chi connectivity index (χ1) is 27.1. The molecular weight excluding hydrogens is 758 g/mol. The lowest BCUT2D eigenvalue weighted by molar-refractivity contribution is -0.141. The molecule has 2 aromatic heterocycles. The molecule has 2 aliphatic heterocycles. The van der Waals surface area contributed by atoms with Gasteiger partial charge in [0.05, 0.1) is 17.3 Å². The van der Waals surface area contributed by atoms with Crippen LogP contribution in [0.2, 0.25) is 0 Å². The van der Waals surface area contributed by atoms with E-state index in [1.165, 1.54) is 23.1 Å². The number of sulfonamides is 1. The number of pyridine rings is 1. The molecule has 2 saturated carbocycles. The number of rotatable bonds is 6. The molecule has 4 amide bonds. The number of allylic oxidation sites excluding steroid dienone is 1. The molecule has 4 heterocycles. The fourth-order valence-electron chi connectivity index (χ4n) is 7.91. The van der Waals surface area contributed by atoms with Crippen molar-refractivity contribution in [1.29, 1.82) is 0 Å². The lowest BCUT2D eigenvalue weighted by Crippen LogP contribution is -2.58. The third-order valence-electron chi connectivity index (χ3n) is 11.0. The maximum Gasteiger partial charge on any atom is 0.408 e. The van der Waals surface area contributed by atoms with Crippen LogP contribution in [0.1, 0.15) is 78.6 Å². The molecule has 0 spiro atoms. The zero-order chi connectivity index (χ0) is 40.3. The van der Waals surface area contributed by atoms with Crippen molar-refractivity contribution in [1.82, 2.24) is 25.2 Å². The van der Waals surface area contributed by atoms with Crippen LogP contribution >= 0.6 is 0 Å². The molecule has 14 nitrogen and oxygen atoms in total. The molecule has 3 N–H and O–H groups in total. The summed E-state index contributed by atoms with van der Waals surface area (Å²) in [7, 11) is -3.93. The molecule has 4 aromatic rings. The molecule has 2 aromatic carbocycles. The van der Waals surface area contributed by atoms with Crippen molar-refractivity contribution in [2.45, 2.75) is 113 Å². The minimum absolute atomic E-state index is 0.0594. The van der Waals surface area contributed by atoms with Gasteiger partial charge in [0, 0.05) is 23.1 Å². The smallest absolute Gasteiger partial charge is 0.408 e. The zero-order valence-electron chi connectivity index (χ0n) is 32.0. The summed E-state index contributed by atoms with van der Waals surface area (Å²) in [4.78, 5) is 62.1. The van der Waals surface area contributed by atoms with E-state index in [0.717, 1.165) is 12.8 Å². The third kappa shape index (κ3) is 7.88. The molecule has 302 valence electrons. The fourth-order valence-corrected chi connectivity index (χ4v) is 9.27. The van der Waals surface area contributed by atoms with Crippen LogP contribution in [0, 0.1) is 11.7 Å². The summed E-state index contributed by atoms with van der Waals surface area (Å²) in [6, 6.07) is 9.13. The van der Waals surface area contributed by atoms with Crippen LogP contribution in [0.3, 0.4) is 0 Å². The minimum Gasteiger partial charge on any atom is -0.484 e. The number of alkyl carbamates (subject to hydrolysis) is 1. The van der Waals surface area contributed by atoms with Gasteiger partial charge in [0.15, 0.2) is 11.3 Å². The van der Waals surface area contributed by atoms with Crippen molar-refractivity contribution in [3.63, 3.8) is 0 Å². The Labute approximate surface area is 328 Å². The Balaban J connectivity index is 1.16. The molecule has 0 radical (unpaired) electrons. The average Bonchev–Trinajstić information content (AvgIpc) is 4.05. The van der Waals surface area contributed by atoms with Gasteiger partial charge in [0.1, 0.15) is 46.2 Å². The van der Waals surface area contributed by atoms with E-state index in [4.69, 9.17) is 18.9 Å². The quantitative estimate of drug-likeness (QED) is 0.210. The molecule has 0 bridgehead atoms. The van der Waals surface area contributed by atoms with E-state index in [1.807, 2.05) is 30.4 Å². The number of para-hydroxylation sites is 1. The maximum absolute atomic E-state index is 14.8. The number of furan rings is 1. The first-order valence-electron chi connectivity index (χ1n) is 19.5. The topological polar surface area (TPSA) is 186 Å². The van der Waals surface area contributed by atoms with Crippen LogP contribution in [0.5, 0.6) is 5.75 Å². The van der Waals surface area contributed by atoms with Gasteiger partial charge in [-0.3, -0.25) is 19.1 Å². The monoisotopic (exact) mass is 803 g/mol. The van der Waals surface area contributed by atoms with E-state index in [2.05, 4.69) is 15.4 Å². The maximum atomic E-state index is 14.8. The Kier molecular flexibility index (Phi) is 9.89. The molecule has 4 aliphatic rings. The van der Waals surface area contributed by atoms with Crippen LogP contribution in [-0.4, -0.2) is 83.2 Å². The van der Waals surface area contributed by atoms with Crippen LogP contribution in [0.25, 0.3) is 33.0 Å². The van der Waals surface area contributed by atoms with Crippen LogP contribution < -0.4 is 20.1 Å². The number of hydrogen-bond donors (Lipinski definition) is 3. The first kappa shape index (κ1) is 38.6. The number of ether oxygens (including phenoxy) is 2. The number of amides is 4. The largest absolute Gasteiger partial charge is 0.484 e. The third-order valence-corrected chi connectivity index (χ3v) is 12.8. The summed E-state index contributed by atoms with van der Waals surface area (Å²) in [6.07, 6.45) is 6.13. The number of nitrogens with zero attached hydrogens (tertiary/aromatic N) is 2. The van der Waals surface area contributed by atoms with Gasteiger partial charge in [-0.2, -0.15) is 0 Å². The number of hydrogen-bond acceptors (Lipinski definition) is 10. The molecule has 5 atom stereocenters. The number of carbonyl (C=O) groups is 4. The van der Waals surface area contributed by atoms with Crippen molar-refractivity contribution in [2.24, 2.45) is 5.92 Å². The number of halogens is 1. The molecule has 0 unspecified atom stereocenters. The van der Waals surface area contributed by atoms with Gasteiger partial charge in [-0.05, 0) is 89.6 Å². The molecule has 8 rings (SSSR count). The summed E-state index contributed by atoms with van der Waals surface area (Å²) in [6.45, 7) is 5.01. The first-order valence-corrected chi connectivity index (χ1v) is 21.1. The number of benzene rings is 2. The van der Waals surface area contributed by atoms with Crippen LogP contribution in [0.15, 0.2) is 59.0 Å². The lowest BCUT2D eigenvalue weighted by Gasteiger charge is -2.30. The van der Waals surface area contributed by atoms with E-state index >= 15 is 0 Å². The Morgan fingerprint density at radius 3 is 2.61 bits per heavy atom. The lowest BCUT2D eigenvalue weighted by atomic mass is 10.0. The normalized spacial score (nSPS) is 26.5. The van der Waals surface area contributed by atoms with Crippen molar-refractivity contribution < 1.29 is 45.9 Å². The second kappa shape index (κ2) is 14.6. The van der Waals surface area contributed by atoms with Gasteiger partial charge < -0.3 is 29.4 Å². The highest BCUT2D eigenvalue weighted by Crippen LogP contribution is 2.46. The molecule has 16 heteroatoms.